The molecule has 2 aromatic heterocycles. The van der Waals surface area contributed by atoms with Gasteiger partial charge in [-0.2, -0.15) is 4.31 Å². The summed E-state index contributed by atoms with van der Waals surface area (Å²) in [6.45, 7) is 0.439. The van der Waals surface area contributed by atoms with Gasteiger partial charge in [-0.15, -0.1) is 0 Å². The average molecular weight is 894 g/mol. The van der Waals surface area contributed by atoms with Crippen molar-refractivity contribution in [3.63, 3.8) is 0 Å². The zero-order valence-electron chi connectivity index (χ0n) is 30.5. The van der Waals surface area contributed by atoms with Crippen molar-refractivity contribution in [3.8, 4) is 0 Å². The Morgan fingerprint density at radius 3 is 2.44 bits per heavy atom. The van der Waals surface area contributed by atoms with Crippen molar-refractivity contribution < 1.29 is 85.6 Å². The number of phosphoric ester groups is 3. The van der Waals surface area contributed by atoms with Crippen molar-refractivity contribution in [3.05, 3.63) is 12.7 Å². The minimum Gasteiger partial charge on any atom is -0.393 e. The van der Waals surface area contributed by atoms with Crippen LogP contribution in [-0.2, 0) is 50.7 Å². The minimum absolute atomic E-state index is 0.0279. The number of hydrogen-bond acceptors (Lipinski definition) is 19. The standard InChI is InChI=1S/C28H46N7O18P3S/c1-28(2,22(39)25(40)31-7-6-18(37)30-8-9-57-27(41)15-4-3-5-16(36)10-15)12-50-56(47,48)53-55(45,46)49-11-17-21(52-54(42,43)44)20(38)26(51-17)35-14-34-19-23(29)32-13-33-24(19)35/h13-17,20-22,26,36,38-39H,3-12H2,1-2H3,(H,30,37)(H,31,40)(H,45,46)(H,47,48)(H2,29,32,33)(H2,42,43,44)/t15?,16-,17+,20+,21+,22-,26+/m0/s1. The van der Waals surface area contributed by atoms with Crippen LogP contribution in [0, 0.1) is 11.3 Å². The maximum absolute atomic E-state index is 12.7. The number of nitrogen functional groups attached to an aromatic ring is 1. The number of imidazole rings is 1. The van der Waals surface area contributed by atoms with E-state index in [1.165, 1.54) is 13.8 Å². The van der Waals surface area contributed by atoms with Gasteiger partial charge in [0.1, 0.15) is 36.3 Å². The Balaban J connectivity index is 1.22. The summed E-state index contributed by atoms with van der Waals surface area (Å²) in [6, 6.07) is 0. The molecule has 1 saturated heterocycles. The first-order valence-corrected chi connectivity index (χ1v) is 22.7. The summed E-state index contributed by atoms with van der Waals surface area (Å²) in [5.74, 6) is -1.38. The molecule has 1 aliphatic heterocycles. The van der Waals surface area contributed by atoms with Gasteiger partial charge in [-0.25, -0.2) is 28.6 Å². The van der Waals surface area contributed by atoms with Crippen LogP contribution >= 0.6 is 35.2 Å². The third kappa shape index (κ3) is 13.8. The summed E-state index contributed by atoms with van der Waals surface area (Å²) in [6.07, 6.45) is -4.84. The first-order valence-electron chi connectivity index (χ1n) is 17.2. The number of rotatable bonds is 20. The van der Waals surface area contributed by atoms with Gasteiger partial charge in [-0.05, 0) is 19.3 Å². The van der Waals surface area contributed by atoms with Gasteiger partial charge >= 0.3 is 23.5 Å². The van der Waals surface area contributed by atoms with E-state index in [9.17, 15) is 63.0 Å². The lowest BCUT2D eigenvalue weighted by molar-refractivity contribution is -0.137. The van der Waals surface area contributed by atoms with E-state index >= 15 is 0 Å². The Morgan fingerprint density at radius 2 is 1.75 bits per heavy atom. The number of hydrogen-bond donors (Lipinski definition) is 10. The molecular weight excluding hydrogens is 847 g/mol. The van der Waals surface area contributed by atoms with Gasteiger partial charge in [0, 0.05) is 36.6 Å². The molecule has 0 bridgehead atoms. The Bertz CT molecular complexity index is 1890. The van der Waals surface area contributed by atoms with E-state index in [1.54, 1.807) is 0 Å². The fourth-order valence-electron chi connectivity index (χ4n) is 5.78. The average Bonchev–Trinajstić information content (AvgIpc) is 3.68. The van der Waals surface area contributed by atoms with Crippen molar-refractivity contribution in [1.82, 2.24) is 30.2 Å². The van der Waals surface area contributed by atoms with Crippen molar-refractivity contribution in [2.45, 2.75) is 82.7 Å². The summed E-state index contributed by atoms with van der Waals surface area (Å²) in [7, 11) is -16.4. The van der Waals surface area contributed by atoms with Gasteiger partial charge in [0.2, 0.25) is 11.8 Å². The van der Waals surface area contributed by atoms with Crippen LogP contribution in [0.4, 0.5) is 5.82 Å². The molecule has 11 N–H and O–H groups in total. The fourth-order valence-corrected chi connectivity index (χ4v) is 9.46. The highest BCUT2D eigenvalue weighted by Crippen LogP contribution is 2.61. The highest BCUT2D eigenvalue weighted by molar-refractivity contribution is 8.13. The van der Waals surface area contributed by atoms with Crippen LogP contribution in [-0.4, -0.2) is 134 Å². The smallest absolute Gasteiger partial charge is 0.393 e. The first kappa shape index (κ1) is 47.2. The van der Waals surface area contributed by atoms with E-state index in [4.69, 9.17) is 19.5 Å². The van der Waals surface area contributed by atoms with Crippen molar-refractivity contribution in [2.24, 2.45) is 11.3 Å². The van der Waals surface area contributed by atoms with Crippen LogP contribution in [0.3, 0.4) is 0 Å². The Hall–Kier alpha value is -2.48. The number of fused-ring (bicyclic) bond motifs is 1. The number of nitrogens with one attached hydrogen (secondary N) is 2. The molecule has 29 heteroatoms. The predicted octanol–water partition coefficient (Wildman–Crippen LogP) is -0.784. The summed E-state index contributed by atoms with van der Waals surface area (Å²) in [4.78, 5) is 88.0. The van der Waals surface area contributed by atoms with E-state index in [0.717, 1.165) is 35.4 Å². The van der Waals surface area contributed by atoms with E-state index in [0.29, 0.717) is 25.0 Å². The molecule has 0 aromatic carbocycles. The van der Waals surface area contributed by atoms with Gasteiger partial charge in [0.05, 0.1) is 25.6 Å². The summed E-state index contributed by atoms with van der Waals surface area (Å²) in [5, 5.41) is 36.1. The van der Waals surface area contributed by atoms with Crippen LogP contribution < -0.4 is 16.4 Å². The van der Waals surface area contributed by atoms with Crippen LogP contribution in [0.1, 0.15) is 52.2 Å². The zero-order chi connectivity index (χ0) is 42.3. The minimum atomic E-state index is -5.58. The molecule has 1 aliphatic carbocycles. The maximum Gasteiger partial charge on any atom is 0.481 e. The second-order valence-electron chi connectivity index (χ2n) is 13.8. The van der Waals surface area contributed by atoms with Gasteiger partial charge in [0.25, 0.3) is 0 Å². The van der Waals surface area contributed by atoms with E-state index in [-0.39, 0.29) is 47.5 Å². The molecule has 322 valence electrons. The largest absolute Gasteiger partial charge is 0.481 e. The number of amides is 2. The molecule has 2 aliphatic rings. The second-order valence-corrected chi connectivity index (χ2v) is 19.1. The van der Waals surface area contributed by atoms with Gasteiger partial charge in [-0.1, -0.05) is 32.0 Å². The molecule has 2 amide bonds. The lowest BCUT2D eigenvalue weighted by Gasteiger charge is -2.30. The number of anilines is 1. The monoisotopic (exact) mass is 893 g/mol. The van der Waals surface area contributed by atoms with E-state index in [2.05, 4.69) is 34.4 Å². The number of carbonyl (C=O) groups is 3. The van der Waals surface area contributed by atoms with E-state index < -0.39 is 90.7 Å². The summed E-state index contributed by atoms with van der Waals surface area (Å²) in [5.41, 5.74) is 4.25. The molecule has 4 rings (SSSR count). The highest BCUT2D eigenvalue weighted by Gasteiger charge is 2.50. The fraction of sp³-hybridized carbons (Fsp3) is 0.714. The molecule has 9 atom stereocenters. The molecule has 57 heavy (non-hydrogen) atoms. The predicted molar refractivity (Wildman–Crippen MR) is 195 cm³/mol. The van der Waals surface area contributed by atoms with Gasteiger partial charge in [0.15, 0.2) is 22.8 Å². The van der Waals surface area contributed by atoms with Crippen molar-refractivity contribution in [1.29, 1.82) is 0 Å². The molecule has 0 spiro atoms. The highest BCUT2D eigenvalue weighted by atomic mass is 32.2. The number of carbonyl (C=O) groups excluding carboxylic acids is 3. The maximum atomic E-state index is 12.7. The molecule has 0 radical (unpaired) electrons. The number of ether oxygens (including phenoxy) is 1. The topological polar surface area (TPSA) is 384 Å². The van der Waals surface area contributed by atoms with Crippen molar-refractivity contribution in [2.75, 3.05) is 37.8 Å². The van der Waals surface area contributed by atoms with Gasteiger partial charge < -0.3 is 56.0 Å². The molecule has 3 unspecified atom stereocenters. The number of aromatic nitrogens is 4. The Morgan fingerprint density at radius 1 is 1.05 bits per heavy atom. The number of phosphoric acid groups is 3. The molecule has 3 heterocycles. The zero-order valence-corrected chi connectivity index (χ0v) is 34.0. The number of nitrogens with zero attached hydrogens (tertiary/aromatic N) is 4. The molecular formula is C28H46N7O18P3S. The number of nitrogens with two attached hydrogens (primary N) is 1. The van der Waals surface area contributed by atoms with Crippen LogP contribution in [0.25, 0.3) is 11.2 Å². The summed E-state index contributed by atoms with van der Waals surface area (Å²) < 4.78 is 62.1. The molecule has 1 saturated carbocycles. The van der Waals surface area contributed by atoms with Crippen LogP contribution in [0.5, 0.6) is 0 Å². The Labute approximate surface area is 328 Å². The third-order valence-corrected chi connectivity index (χ3v) is 12.9. The quantitative estimate of drug-likeness (QED) is 0.0575. The normalized spacial score (nSPS) is 25.7. The third-order valence-electron chi connectivity index (χ3n) is 8.73. The molecule has 25 nitrogen and oxygen atoms in total. The lowest BCUT2D eigenvalue weighted by atomic mass is 9.87. The Kier molecular flexibility index (Phi) is 16.3. The van der Waals surface area contributed by atoms with Gasteiger partial charge in [-0.3, -0.25) is 32.5 Å². The van der Waals surface area contributed by atoms with E-state index in [1.807, 2.05) is 0 Å². The first-order chi connectivity index (χ1) is 26.5. The lowest BCUT2D eigenvalue weighted by Crippen LogP contribution is -2.46. The number of aliphatic hydroxyl groups excluding tert-OH is 3. The summed E-state index contributed by atoms with van der Waals surface area (Å²) >= 11 is 1.07. The molecule has 2 aromatic rings. The molecule has 2 fully saturated rings. The van der Waals surface area contributed by atoms with Crippen molar-refractivity contribution >= 4 is 69.1 Å². The SMILES string of the molecule is CC(C)(COP(=O)(O)OP(=O)(O)OC[C@H]1O[C@@H](n2cnc3c(N)ncnc32)[C@H](O)[C@@H]1OP(=O)(O)O)[C@@H](O)C(=O)NCCC(=O)NCCSC(=O)C1CCC[C@H](O)C1. The second kappa shape index (κ2) is 19.7. The van der Waals surface area contributed by atoms with Crippen LogP contribution in [0.15, 0.2) is 12.7 Å². The number of thioether (sulfide) groups is 1. The number of aliphatic hydroxyl groups is 3. The van der Waals surface area contributed by atoms with Crippen LogP contribution in [0.2, 0.25) is 0 Å².